The Bertz CT molecular complexity index is 371. The highest BCUT2D eigenvalue weighted by Gasteiger charge is 2.23. The predicted octanol–water partition coefficient (Wildman–Crippen LogP) is 4.12. The van der Waals surface area contributed by atoms with Crippen LogP contribution in [0.25, 0.3) is 0 Å². The van der Waals surface area contributed by atoms with Crippen LogP contribution in [0.5, 0.6) is 0 Å². The lowest BCUT2D eigenvalue weighted by Gasteiger charge is -2.35. The number of anilines is 1. The maximum Gasteiger partial charge on any atom is 0.0426 e. The number of nitrogens with one attached hydrogen (secondary N) is 1. The summed E-state index contributed by atoms with van der Waals surface area (Å²) in [5.41, 5.74) is 1.39. The van der Waals surface area contributed by atoms with Gasteiger partial charge in [-0.15, -0.1) is 0 Å². The van der Waals surface area contributed by atoms with E-state index in [0.717, 1.165) is 23.8 Å². The normalized spacial score (nSPS) is 13.7. The van der Waals surface area contributed by atoms with Crippen LogP contribution < -0.4 is 5.32 Å². The SMILES string of the molecule is CC(N(C)CCNc1cccc(Cl)c1)C(C)(C)C. The first-order chi connectivity index (χ1) is 8.30. The van der Waals surface area contributed by atoms with Crippen LogP contribution in [-0.4, -0.2) is 31.1 Å². The van der Waals surface area contributed by atoms with Crippen molar-refractivity contribution in [2.24, 2.45) is 5.41 Å². The molecular weight excluding hydrogens is 244 g/mol. The maximum absolute atomic E-state index is 5.95. The molecule has 0 spiro atoms. The molecule has 1 unspecified atom stereocenters. The van der Waals surface area contributed by atoms with Crippen molar-refractivity contribution in [3.8, 4) is 0 Å². The fraction of sp³-hybridized carbons (Fsp3) is 0.600. The van der Waals surface area contributed by atoms with Crippen LogP contribution in [0.1, 0.15) is 27.7 Å². The average Bonchev–Trinajstić information content (AvgIpc) is 2.26. The molecule has 0 aliphatic heterocycles. The Labute approximate surface area is 116 Å². The lowest BCUT2D eigenvalue weighted by atomic mass is 9.87. The summed E-state index contributed by atoms with van der Waals surface area (Å²) in [5, 5.41) is 4.17. The van der Waals surface area contributed by atoms with Gasteiger partial charge in [-0.25, -0.2) is 0 Å². The van der Waals surface area contributed by atoms with Gasteiger partial charge in [0.2, 0.25) is 0 Å². The lowest BCUT2D eigenvalue weighted by Crippen LogP contribution is -2.41. The van der Waals surface area contributed by atoms with E-state index in [0.29, 0.717) is 11.5 Å². The van der Waals surface area contributed by atoms with Gasteiger partial charge in [0.05, 0.1) is 0 Å². The lowest BCUT2D eigenvalue weighted by molar-refractivity contribution is 0.146. The van der Waals surface area contributed by atoms with Crippen molar-refractivity contribution in [3.63, 3.8) is 0 Å². The highest BCUT2D eigenvalue weighted by atomic mass is 35.5. The van der Waals surface area contributed by atoms with Crippen LogP contribution in [0.2, 0.25) is 5.02 Å². The van der Waals surface area contributed by atoms with Crippen LogP contribution in [-0.2, 0) is 0 Å². The first kappa shape index (κ1) is 15.3. The summed E-state index contributed by atoms with van der Waals surface area (Å²) < 4.78 is 0. The summed E-state index contributed by atoms with van der Waals surface area (Å²) in [6.45, 7) is 11.1. The second-order valence-corrected chi connectivity index (χ2v) is 6.40. The number of rotatable bonds is 5. The van der Waals surface area contributed by atoms with Crippen LogP contribution in [0.3, 0.4) is 0 Å². The molecule has 1 aromatic rings. The molecule has 0 aromatic heterocycles. The third-order valence-electron chi connectivity index (χ3n) is 3.53. The predicted molar refractivity (Wildman–Crippen MR) is 81.5 cm³/mol. The molecule has 0 amide bonds. The van der Waals surface area contributed by atoms with Crippen molar-refractivity contribution in [2.45, 2.75) is 33.7 Å². The van der Waals surface area contributed by atoms with Gasteiger partial charge in [0, 0.05) is 29.8 Å². The van der Waals surface area contributed by atoms with Crippen molar-refractivity contribution >= 4 is 17.3 Å². The zero-order chi connectivity index (χ0) is 13.8. The van der Waals surface area contributed by atoms with Gasteiger partial charge in [-0.05, 0) is 37.6 Å². The first-order valence-corrected chi connectivity index (χ1v) is 6.88. The smallest absolute Gasteiger partial charge is 0.0426 e. The monoisotopic (exact) mass is 268 g/mol. The molecule has 102 valence electrons. The summed E-state index contributed by atoms with van der Waals surface area (Å²) in [4.78, 5) is 2.39. The van der Waals surface area contributed by atoms with Crippen molar-refractivity contribution in [1.29, 1.82) is 0 Å². The Hall–Kier alpha value is -0.730. The highest BCUT2D eigenvalue weighted by Crippen LogP contribution is 2.22. The first-order valence-electron chi connectivity index (χ1n) is 6.50. The van der Waals surface area contributed by atoms with E-state index in [-0.39, 0.29) is 0 Å². The molecule has 1 aromatic carbocycles. The molecule has 0 bridgehead atoms. The van der Waals surface area contributed by atoms with E-state index in [1.165, 1.54) is 0 Å². The molecule has 1 rings (SSSR count). The Morgan fingerprint density at radius 1 is 1.33 bits per heavy atom. The van der Waals surface area contributed by atoms with Crippen LogP contribution in [0, 0.1) is 5.41 Å². The summed E-state index contributed by atoms with van der Waals surface area (Å²) in [7, 11) is 2.18. The largest absolute Gasteiger partial charge is 0.384 e. The molecule has 1 atom stereocenters. The number of likely N-dealkylation sites (N-methyl/N-ethyl adjacent to an activating group) is 1. The van der Waals surface area contributed by atoms with E-state index in [2.05, 4.69) is 45.0 Å². The van der Waals surface area contributed by atoms with Crippen molar-refractivity contribution < 1.29 is 0 Å². The molecule has 0 radical (unpaired) electrons. The Balaban J connectivity index is 2.38. The van der Waals surface area contributed by atoms with E-state index < -0.39 is 0 Å². The molecule has 0 fully saturated rings. The Kier molecular flexibility index (Phi) is 5.48. The van der Waals surface area contributed by atoms with Gasteiger partial charge in [0.25, 0.3) is 0 Å². The average molecular weight is 269 g/mol. The zero-order valence-corrected chi connectivity index (χ0v) is 12.9. The maximum atomic E-state index is 5.95. The van der Waals surface area contributed by atoms with Crippen molar-refractivity contribution in [2.75, 3.05) is 25.5 Å². The topological polar surface area (TPSA) is 15.3 Å². The highest BCUT2D eigenvalue weighted by molar-refractivity contribution is 6.30. The van der Waals surface area contributed by atoms with Crippen molar-refractivity contribution in [1.82, 2.24) is 4.90 Å². The summed E-state index contributed by atoms with van der Waals surface area (Å²) in [6, 6.07) is 8.40. The third-order valence-corrected chi connectivity index (χ3v) is 3.77. The molecule has 0 saturated carbocycles. The Morgan fingerprint density at radius 2 is 2.00 bits per heavy atom. The number of hydrogen-bond acceptors (Lipinski definition) is 2. The minimum Gasteiger partial charge on any atom is -0.384 e. The van der Waals surface area contributed by atoms with E-state index in [1.807, 2.05) is 24.3 Å². The molecule has 3 heteroatoms. The molecule has 0 heterocycles. The summed E-state index contributed by atoms with van der Waals surface area (Å²) in [6.07, 6.45) is 0. The second kappa shape index (κ2) is 6.44. The molecule has 0 aliphatic carbocycles. The standard InChI is InChI=1S/C15H25ClN2/c1-12(15(2,3)4)18(5)10-9-17-14-8-6-7-13(16)11-14/h6-8,11-12,17H,9-10H2,1-5H3. The number of hydrogen-bond donors (Lipinski definition) is 1. The van der Waals surface area contributed by atoms with Crippen LogP contribution in [0.15, 0.2) is 24.3 Å². The zero-order valence-electron chi connectivity index (χ0n) is 12.1. The molecule has 1 N–H and O–H groups in total. The minimum absolute atomic E-state index is 0.310. The van der Waals surface area contributed by atoms with E-state index in [4.69, 9.17) is 11.6 Å². The third kappa shape index (κ3) is 4.87. The molecular formula is C15H25ClN2. The van der Waals surface area contributed by atoms with E-state index in [1.54, 1.807) is 0 Å². The van der Waals surface area contributed by atoms with Gasteiger partial charge in [-0.1, -0.05) is 38.4 Å². The fourth-order valence-electron chi connectivity index (χ4n) is 1.83. The quantitative estimate of drug-likeness (QED) is 0.864. The molecule has 18 heavy (non-hydrogen) atoms. The fourth-order valence-corrected chi connectivity index (χ4v) is 2.02. The number of nitrogens with zero attached hydrogens (tertiary/aromatic N) is 1. The van der Waals surface area contributed by atoms with Gasteiger partial charge in [0.1, 0.15) is 0 Å². The Morgan fingerprint density at radius 3 is 2.56 bits per heavy atom. The molecule has 0 aliphatic rings. The minimum atomic E-state index is 0.310. The summed E-state index contributed by atoms with van der Waals surface area (Å²) >= 11 is 5.95. The number of benzene rings is 1. The van der Waals surface area contributed by atoms with Gasteiger partial charge < -0.3 is 10.2 Å². The summed E-state index contributed by atoms with van der Waals surface area (Å²) in [5.74, 6) is 0. The van der Waals surface area contributed by atoms with Gasteiger partial charge in [0.15, 0.2) is 0 Å². The van der Waals surface area contributed by atoms with E-state index in [9.17, 15) is 0 Å². The van der Waals surface area contributed by atoms with Gasteiger partial charge in [-0.2, -0.15) is 0 Å². The van der Waals surface area contributed by atoms with Crippen molar-refractivity contribution in [3.05, 3.63) is 29.3 Å². The molecule has 2 nitrogen and oxygen atoms in total. The van der Waals surface area contributed by atoms with Gasteiger partial charge >= 0.3 is 0 Å². The number of halogens is 1. The second-order valence-electron chi connectivity index (χ2n) is 5.96. The van der Waals surface area contributed by atoms with Gasteiger partial charge in [-0.3, -0.25) is 0 Å². The van der Waals surface area contributed by atoms with Crippen LogP contribution in [0.4, 0.5) is 5.69 Å². The molecule has 0 saturated heterocycles. The van der Waals surface area contributed by atoms with Crippen LogP contribution >= 0.6 is 11.6 Å². The van der Waals surface area contributed by atoms with E-state index >= 15 is 0 Å².